The number of amides is 1. The van der Waals surface area contributed by atoms with Crippen LogP contribution in [-0.2, 0) is 16.0 Å². The summed E-state index contributed by atoms with van der Waals surface area (Å²) in [4.78, 5) is 35.7. The van der Waals surface area contributed by atoms with Gasteiger partial charge < -0.3 is 15.0 Å². The quantitative estimate of drug-likeness (QED) is 0.452. The van der Waals surface area contributed by atoms with Crippen molar-refractivity contribution in [2.45, 2.75) is 6.42 Å². The van der Waals surface area contributed by atoms with Gasteiger partial charge in [-0.1, -0.05) is 30.3 Å². The summed E-state index contributed by atoms with van der Waals surface area (Å²) in [5, 5.41) is 7.89. The third-order valence-corrected chi connectivity index (χ3v) is 5.75. The molecule has 0 aliphatic heterocycles. The van der Waals surface area contributed by atoms with E-state index >= 15 is 0 Å². The van der Waals surface area contributed by atoms with Crippen molar-refractivity contribution >= 4 is 39.7 Å². The lowest BCUT2D eigenvalue weighted by molar-refractivity contribution is -0.115. The normalized spacial score (nSPS) is 10.7. The number of thiazole rings is 2. The summed E-state index contributed by atoms with van der Waals surface area (Å²) in [5.41, 5.74) is 3.51. The Morgan fingerprint density at radius 3 is 2.72 bits per heavy atom. The second-order valence-electron chi connectivity index (χ2n) is 6.07. The van der Waals surface area contributed by atoms with E-state index in [2.05, 4.69) is 25.0 Å². The maximum Gasteiger partial charge on any atom is 0.354 e. The monoisotopic (exact) mass is 424 g/mol. The van der Waals surface area contributed by atoms with Gasteiger partial charge in [0.1, 0.15) is 10.7 Å². The smallest absolute Gasteiger partial charge is 0.354 e. The number of anilines is 1. The third kappa shape index (κ3) is 4.41. The molecule has 3 aromatic heterocycles. The fourth-order valence-corrected chi connectivity index (χ4v) is 4.22. The molecule has 0 bridgehead atoms. The molecule has 0 saturated carbocycles. The molecule has 1 aromatic carbocycles. The minimum Gasteiger partial charge on any atom is -0.464 e. The summed E-state index contributed by atoms with van der Waals surface area (Å²) in [6.45, 7) is 0. The first-order chi connectivity index (χ1) is 14.1. The first kappa shape index (κ1) is 19.0. The largest absolute Gasteiger partial charge is 0.464 e. The van der Waals surface area contributed by atoms with E-state index in [1.165, 1.54) is 29.8 Å². The number of esters is 1. The molecular formula is C20H16N4O3S2. The van der Waals surface area contributed by atoms with Crippen LogP contribution in [0.3, 0.4) is 0 Å². The number of carbonyl (C=O) groups is 2. The molecule has 0 saturated heterocycles. The van der Waals surface area contributed by atoms with Crippen LogP contribution in [0.2, 0.25) is 0 Å². The van der Waals surface area contributed by atoms with Crippen LogP contribution in [0.1, 0.15) is 16.2 Å². The molecule has 0 aliphatic carbocycles. The molecule has 3 heterocycles. The molecule has 0 spiro atoms. The van der Waals surface area contributed by atoms with Gasteiger partial charge in [0.25, 0.3) is 0 Å². The number of benzene rings is 1. The number of aromatic amines is 1. The Kier molecular flexibility index (Phi) is 5.50. The molecule has 0 unspecified atom stereocenters. The van der Waals surface area contributed by atoms with Crippen molar-refractivity contribution in [2.24, 2.45) is 0 Å². The maximum absolute atomic E-state index is 12.4. The SMILES string of the molecule is COC(=O)c1cc(-c2csc(NC(=O)Cc3csc(-c4ccccc4)n3)n2)c[nH]1. The van der Waals surface area contributed by atoms with E-state index < -0.39 is 5.97 Å². The first-order valence-electron chi connectivity index (χ1n) is 8.64. The molecular weight excluding hydrogens is 408 g/mol. The van der Waals surface area contributed by atoms with E-state index in [4.69, 9.17) is 0 Å². The number of rotatable bonds is 6. The Hall–Kier alpha value is -3.30. The second kappa shape index (κ2) is 8.38. The van der Waals surface area contributed by atoms with E-state index in [0.717, 1.165) is 21.8 Å². The molecule has 4 rings (SSSR count). The van der Waals surface area contributed by atoms with Crippen molar-refractivity contribution in [3.63, 3.8) is 0 Å². The summed E-state index contributed by atoms with van der Waals surface area (Å²) in [6.07, 6.45) is 1.85. The lowest BCUT2D eigenvalue weighted by Gasteiger charge is -1.99. The predicted octanol–water partition coefficient (Wildman–Crippen LogP) is 4.23. The molecule has 0 fully saturated rings. The molecule has 146 valence electrons. The van der Waals surface area contributed by atoms with E-state index in [1.807, 2.05) is 41.1 Å². The Balaban J connectivity index is 1.39. The highest BCUT2D eigenvalue weighted by molar-refractivity contribution is 7.14. The van der Waals surface area contributed by atoms with Crippen molar-refractivity contribution in [2.75, 3.05) is 12.4 Å². The van der Waals surface area contributed by atoms with Gasteiger partial charge in [-0.25, -0.2) is 14.8 Å². The minimum atomic E-state index is -0.446. The Morgan fingerprint density at radius 1 is 1.10 bits per heavy atom. The maximum atomic E-state index is 12.4. The number of hydrogen-bond acceptors (Lipinski definition) is 7. The van der Waals surface area contributed by atoms with E-state index in [9.17, 15) is 9.59 Å². The van der Waals surface area contributed by atoms with E-state index in [-0.39, 0.29) is 12.3 Å². The lowest BCUT2D eigenvalue weighted by Crippen LogP contribution is -2.14. The summed E-state index contributed by atoms with van der Waals surface area (Å²) < 4.78 is 4.68. The minimum absolute atomic E-state index is 0.175. The predicted molar refractivity (Wildman–Crippen MR) is 113 cm³/mol. The third-order valence-electron chi connectivity index (χ3n) is 4.05. The number of hydrogen-bond donors (Lipinski definition) is 2. The first-order valence-corrected chi connectivity index (χ1v) is 10.4. The van der Waals surface area contributed by atoms with Crippen molar-refractivity contribution in [3.05, 3.63) is 64.7 Å². The van der Waals surface area contributed by atoms with Crippen molar-refractivity contribution in [1.82, 2.24) is 15.0 Å². The number of nitrogens with zero attached hydrogens (tertiary/aromatic N) is 2. The fourth-order valence-electron chi connectivity index (χ4n) is 2.66. The van der Waals surface area contributed by atoms with Crippen LogP contribution in [0.15, 0.2) is 53.4 Å². The van der Waals surface area contributed by atoms with Gasteiger partial charge in [0, 0.05) is 28.1 Å². The molecule has 0 radical (unpaired) electrons. The highest BCUT2D eigenvalue weighted by atomic mass is 32.1. The van der Waals surface area contributed by atoms with Gasteiger partial charge >= 0.3 is 5.97 Å². The van der Waals surface area contributed by atoms with Crippen molar-refractivity contribution in [3.8, 4) is 21.8 Å². The number of carbonyl (C=O) groups excluding carboxylic acids is 2. The number of methoxy groups -OCH3 is 1. The fraction of sp³-hybridized carbons (Fsp3) is 0.100. The summed E-state index contributed by atoms with van der Waals surface area (Å²) in [5.74, 6) is -0.627. The molecule has 9 heteroatoms. The van der Waals surface area contributed by atoms with Gasteiger partial charge in [-0.2, -0.15) is 0 Å². The zero-order valence-corrected chi connectivity index (χ0v) is 17.0. The van der Waals surface area contributed by atoms with Crippen LogP contribution in [0.25, 0.3) is 21.8 Å². The van der Waals surface area contributed by atoms with Crippen molar-refractivity contribution < 1.29 is 14.3 Å². The zero-order chi connectivity index (χ0) is 20.2. The van der Waals surface area contributed by atoms with Crippen molar-refractivity contribution in [1.29, 1.82) is 0 Å². The second-order valence-corrected chi connectivity index (χ2v) is 7.78. The molecule has 4 aromatic rings. The number of H-pyrrole nitrogens is 1. The average Bonchev–Trinajstić information content (AvgIpc) is 3.48. The molecule has 7 nitrogen and oxygen atoms in total. The molecule has 1 amide bonds. The Labute approximate surface area is 174 Å². The van der Waals surface area contributed by atoms with Crippen LogP contribution in [0.4, 0.5) is 5.13 Å². The highest BCUT2D eigenvalue weighted by Crippen LogP contribution is 2.26. The van der Waals surface area contributed by atoms with E-state index in [0.29, 0.717) is 16.5 Å². The average molecular weight is 425 g/mol. The molecule has 0 aliphatic rings. The molecule has 2 N–H and O–H groups in total. The van der Waals surface area contributed by atoms with Crippen LogP contribution in [-0.4, -0.2) is 33.9 Å². The molecule has 29 heavy (non-hydrogen) atoms. The van der Waals surface area contributed by atoms with Gasteiger partial charge in [0.05, 0.1) is 24.9 Å². The Bertz CT molecular complexity index is 1150. The van der Waals surface area contributed by atoms with Crippen LogP contribution < -0.4 is 5.32 Å². The lowest BCUT2D eigenvalue weighted by atomic mass is 10.2. The van der Waals surface area contributed by atoms with Gasteiger partial charge in [0.2, 0.25) is 5.91 Å². The van der Waals surface area contributed by atoms with Gasteiger partial charge in [0.15, 0.2) is 5.13 Å². The Morgan fingerprint density at radius 2 is 1.93 bits per heavy atom. The van der Waals surface area contributed by atoms with Gasteiger partial charge in [-0.3, -0.25) is 4.79 Å². The standard InChI is InChI=1S/C20H16N4O3S2/c1-27-19(26)15-7-13(9-21-15)16-11-29-20(23-16)24-17(25)8-14-10-28-18(22-14)12-5-3-2-4-6-12/h2-7,9-11,21H,8H2,1H3,(H,23,24,25). The highest BCUT2D eigenvalue weighted by Gasteiger charge is 2.14. The van der Waals surface area contributed by atoms with Crippen LogP contribution in [0, 0.1) is 0 Å². The number of nitrogens with one attached hydrogen (secondary N) is 2. The zero-order valence-electron chi connectivity index (χ0n) is 15.3. The topological polar surface area (TPSA) is 97.0 Å². The molecule has 0 atom stereocenters. The van der Waals surface area contributed by atoms with Gasteiger partial charge in [-0.15, -0.1) is 22.7 Å². The number of ether oxygens (including phenoxy) is 1. The van der Waals surface area contributed by atoms with Crippen LogP contribution in [0.5, 0.6) is 0 Å². The van der Waals surface area contributed by atoms with E-state index in [1.54, 1.807) is 12.3 Å². The van der Waals surface area contributed by atoms with Gasteiger partial charge in [-0.05, 0) is 6.07 Å². The summed E-state index contributed by atoms with van der Waals surface area (Å²) >= 11 is 2.83. The van der Waals surface area contributed by atoms with Crippen LogP contribution >= 0.6 is 22.7 Å². The summed E-state index contributed by atoms with van der Waals surface area (Å²) in [6, 6.07) is 11.5. The number of aromatic nitrogens is 3. The summed E-state index contributed by atoms with van der Waals surface area (Å²) in [7, 11) is 1.32.